The van der Waals surface area contributed by atoms with Crippen LogP contribution in [-0.4, -0.2) is 46.5 Å². The Kier molecular flexibility index (Phi) is 11.0. The van der Waals surface area contributed by atoms with Gasteiger partial charge in [0.1, 0.15) is 17.3 Å². The SMILES string of the molecule is CCc1c(-c2ccc(C(=O)NCCCNC(=O)CCCCCCN)nc2)cnc(N)c1-c1ccc(O)cc1. The van der Waals surface area contributed by atoms with Crippen molar-refractivity contribution in [3.8, 4) is 28.0 Å². The lowest BCUT2D eigenvalue weighted by atomic mass is 9.92. The summed E-state index contributed by atoms with van der Waals surface area (Å²) in [6.45, 7) is 3.70. The number of amides is 2. The fourth-order valence-corrected chi connectivity index (χ4v) is 4.30. The number of pyridine rings is 2. The van der Waals surface area contributed by atoms with Crippen LogP contribution in [0.5, 0.6) is 5.75 Å². The molecule has 7 N–H and O–H groups in total. The normalized spacial score (nSPS) is 10.8. The molecular weight excluding hydrogens is 480 g/mol. The summed E-state index contributed by atoms with van der Waals surface area (Å²) in [5.41, 5.74) is 16.4. The highest BCUT2D eigenvalue weighted by Crippen LogP contribution is 2.36. The molecule has 2 amide bonds. The molecule has 0 aliphatic heterocycles. The van der Waals surface area contributed by atoms with Crippen molar-refractivity contribution in [1.82, 2.24) is 20.6 Å². The molecule has 0 fully saturated rings. The van der Waals surface area contributed by atoms with Gasteiger partial charge in [0.25, 0.3) is 5.91 Å². The lowest BCUT2D eigenvalue weighted by Gasteiger charge is -2.16. The number of carbonyl (C=O) groups is 2. The zero-order valence-electron chi connectivity index (χ0n) is 22.0. The first kappa shape index (κ1) is 28.6. The number of phenolic OH excluding ortho intramolecular Hbond substituents is 1. The summed E-state index contributed by atoms with van der Waals surface area (Å²) >= 11 is 0. The largest absolute Gasteiger partial charge is 0.508 e. The van der Waals surface area contributed by atoms with Crippen LogP contribution < -0.4 is 22.1 Å². The minimum Gasteiger partial charge on any atom is -0.508 e. The van der Waals surface area contributed by atoms with Gasteiger partial charge in [-0.25, -0.2) is 4.98 Å². The number of rotatable bonds is 14. The van der Waals surface area contributed by atoms with Gasteiger partial charge in [0, 0.05) is 48.6 Å². The molecule has 2 aromatic heterocycles. The molecule has 3 aromatic rings. The summed E-state index contributed by atoms with van der Waals surface area (Å²) in [4.78, 5) is 33.2. The molecule has 1 aromatic carbocycles. The highest BCUT2D eigenvalue weighted by Gasteiger charge is 2.16. The van der Waals surface area contributed by atoms with Crippen LogP contribution in [0.25, 0.3) is 22.3 Å². The molecule has 38 heavy (non-hydrogen) atoms. The van der Waals surface area contributed by atoms with Crippen LogP contribution in [-0.2, 0) is 11.2 Å². The van der Waals surface area contributed by atoms with Crippen molar-refractivity contribution in [1.29, 1.82) is 0 Å². The van der Waals surface area contributed by atoms with Crippen molar-refractivity contribution in [3.05, 3.63) is 60.0 Å². The fourth-order valence-electron chi connectivity index (χ4n) is 4.30. The predicted molar refractivity (Wildman–Crippen MR) is 150 cm³/mol. The van der Waals surface area contributed by atoms with Crippen LogP contribution >= 0.6 is 0 Å². The summed E-state index contributed by atoms with van der Waals surface area (Å²) in [7, 11) is 0. The monoisotopic (exact) mass is 518 g/mol. The van der Waals surface area contributed by atoms with Gasteiger partial charge < -0.3 is 27.2 Å². The molecule has 0 radical (unpaired) electrons. The second-order valence-electron chi connectivity index (χ2n) is 9.16. The zero-order valence-corrected chi connectivity index (χ0v) is 22.0. The lowest BCUT2D eigenvalue weighted by molar-refractivity contribution is -0.121. The fraction of sp³-hybridized carbons (Fsp3) is 0.379. The average molecular weight is 519 g/mol. The van der Waals surface area contributed by atoms with Gasteiger partial charge in [-0.05, 0) is 61.6 Å². The zero-order chi connectivity index (χ0) is 27.3. The maximum absolute atomic E-state index is 12.5. The standard InChI is InChI=1S/C29H38N6O3/c1-2-23-24(19-35-28(31)27(23)20-9-12-22(36)13-10-20)21-11-14-25(34-18-21)29(38)33-17-7-16-32-26(37)8-5-3-4-6-15-30/h9-14,18-19,36H,2-8,15-17,30H2,1H3,(H2,31,35)(H,32,37)(H,33,38). The van der Waals surface area contributed by atoms with Gasteiger partial charge in [-0.1, -0.05) is 38.0 Å². The molecule has 9 nitrogen and oxygen atoms in total. The third kappa shape index (κ3) is 8.01. The highest BCUT2D eigenvalue weighted by atomic mass is 16.3. The quantitative estimate of drug-likeness (QED) is 0.203. The molecule has 9 heteroatoms. The maximum atomic E-state index is 12.5. The third-order valence-electron chi connectivity index (χ3n) is 6.35. The number of aromatic nitrogens is 2. The Morgan fingerprint density at radius 1 is 0.868 bits per heavy atom. The van der Waals surface area contributed by atoms with Crippen molar-refractivity contribution < 1.29 is 14.7 Å². The Labute approximate surface area is 224 Å². The summed E-state index contributed by atoms with van der Waals surface area (Å²) in [6.07, 6.45) is 9.20. The number of benzene rings is 1. The molecule has 2 heterocycles. The Morgan fingerprint density at radius 3 is 2.26 bits per heavy atom. The van der Waals surface area contributed by atoms with Gasteiger partial charge >= 0.3 is 0 Å². The first-order valence-corrected chi connectivity index (χ1v) is 13.2. The minimum absolute atomic E-state index is 0.0403. The lowest BCUT2D eigenvalue weighted by Crippen LogP contribution is -2.30. The molecule has 0 saturated heterocycles. The number of phenols is 1. The number of unbranched alkanes of at least 4 members (excludes halogenated alkanes) is 3. The Balaban J connectivity index is 1.54. The van der Waals surface area contributed by atoms with E-state index in [1.807, 2.05) is 25.1 Å². The number of hydrogen-bond donors (Lipinski definition) is 5. The van der Waals surface area contributed by atoms with E-state index >= 15 is 0 Å². The summed E-state index contributed by atoms with van der Waals surface area (Å²) in [5.74, 6) is 0.373. The smallest absolute Gasteiger partial charge is 0.269 e. The first-order chi connectivity index (χ1) is 18.4. The van der Waals surface area contributed by atoms with E-state index in [4.69, 9.17) is 11.5 Å². The number of hydrogen-bond acceptors (Lipinski definition) is 7. The van der Waals surface area contributed by atoms with E-state index in [0.29, 0.717) is 50.4 Å². The number of nitrogen functional groups attached to an aromatic ring is 1. The molecule has 0 atom stereocenters. The van der Waals surface area contributed by atoms with E-state index < -0.39 is 0 Å². The van der Waals surface area contributed by atoms with Gasteiger partial charge in [0.15, 0.2) is 0 Å². The maximum Gasteiger partial charge on any atom is 0.269 e. The number of nitrogens with zero attached hydrogens (tertiary/aromatic N) is 2. The second kappa shape index (κ2) is 14.7. The van der Waals surface area contributed by atoms with Crippen LogP contribution in [0.4, 0.5) is 5.82 Å². The van der Waals surface area contributed by atoms with Crippen LogP contribution in [0.3, 0.4) is 0 Å². The van der Waals surface area contributed by atoms with Crippen molar-refractivity contribution in [2.24, 2.45) is 5.73 Å². The number of anilines is 1. The third-order valence-corrected chi connectivity index (χ3v) is 6.35. The highest BCUT2D eigenvalue weighted by molar-refractivity contribution is 5.92. The van der Waals surface area contributed by atoms with Crippen molar-refractivity contribution in [3.63, 3.8) is 0 Å². The van der Waals surface area contributed by atoms with E-state index in [-0.39, 0.29) is 17.6 Å². The van der Waals surface area contributed by atoms with Crippen molar-refractivity contribution in [2.75, 3.05) is 25.4 Å². The first-order valence-electron chi connectivity index (χ1n) is 13.2. The van der Waals surface area contributed by atoms with E-state index in [9.17, 15) is 14.7 Å². The van der Waals surface area contributed by atoms with E-state index in [1.165, 1.54) is 0 Å². The number of nitrogens with two attached hydrogens (primary N) is 2. The number of nitrogens with one attached hydrogen (secondary N) is 2. The molecule has 202 valence electrons. The molecule has 0 aliphatic carbocycles. The van der Waals surface area contributed by atoms with E-state index in [1.54, 1.807) is 30.6 Å². The Hall–Kier alpha value is -3.98. The molecule has 0 aliphatic rings. The second-order valence-corrected chi connectivity index (χ2v) is 9.16. The van der Waals surface area contributed by atoms with Crippen molar-refractivity contribution in [2.45, 2.75) is 51.9 Å². The van der Waals surface area contributed by atoms with Gasteiger partial charge in [-0.3, -0.25) is 14.6 Å². The van der Waals surface area contributed by atoms with Gasteiger partial charge in [-0.2, -0.15) is 0 Å². The molecule has 3 rings (SSSR count). The topological polar surface area (TPSA) is 156 Å². The Morgan fingerprint density at radius 2 is 1.58 bits per heavy atom. The minimum atomic E-state index is -0.265. The molecular formula is C29H38N6O3. The van der Waals surface area contributed by atoms with E-state index in [0.717, 1.165) is 53.5 Å². The van der Waals surface area contributed by atoms with Gasteiger partial charge in [-0.15, -0.1) is 0 Å². The molecule has 0 spiro atoms. The van der Waals surface area contributed by atoms with Crippen LogP contribution in [0.1, 0.15) is 61.5 Å². The molecule has 0 unspecified atom stereocenters. The summed E-state index contributed by atoms with van der Waals surface area (Å²) in [6, 6.07) is 10.4. The van der Waals surface area contributed by atoms with Crippen molar-refractivity contribution >= 4 is 17.6 Å². The van der Waals surface area contributed by atoms with Gasteiger partial charge in [0.2, 0.25) is 5.91 Å². The van der Waals surface area contributed by atoms with Gasteiger partial charge in [0.05, 0.1) is 0 Å². The van der Waals surface area contributed by atoms with Crippen LogP contribution in [0.15, 0.2) is 48.8 Å². The van der Waals surface area contributed by atoms with E-state index in [2.05, 4.69) is 20.6 Å². The number of carbonyl (C=O) groups excluding carboxylic acids is 2. The number of aromatic hydroxyl groups is 1. The summed E-state index contributed by atoms with van der Waals surface area (Å²) < 4.78 is 0. The average Bonchev–Trinajstić information content (AvgIpc) is 2.93. The molecule has 0 bridgehead atoms. The Bertz CT molecular complexity index is 1200. The van der Waals surface area contributed by atoms with Crippen LogP contribution in [0.2, 0.25) is 0 Å². The predicted octanol–water partition coefficient (Wildman–Crippen LogP) is 3.81. The summed E-state index contributed by atoms with van der Waals surface area (Å²) in [5, 5.41) is 15.4. The van der Waals surface area contributed by atoms with Crippen LogP contribution in [0, 0.1) is 0 Å². The molecule has 0 saturated carbocycles.